The molecule has 2 aliphatic rings. The fourth-order valence-electron chi connectivity index (χ4n) is 5.85. The molecule has 0 radical (unpaired) electrons. The van der Waals surface area contributed by atoms with Gasteiger partial charge in [-0.05, 0) is 30.5 Å². The molecule has 8 heteroatoms. The van der Waals surface area contributed by atoms with Gasteiger partial charge in [0.1, 0.15) is 23.9 Å². The van der Waals surface area contributed by atoms with Crippen LogP contribution in [0.3, 0.4) is 0 Å². The maximum atomic E-state index is 12.4. The topological polar surface area (TPSA) is 103 Å². The summed E-state index contributed by atoms with van der Waals surface area (Å²) >= 11 is 0. The van der Waals surface area contributed by atoms with Crippen molar-refractivity contribution in [2.24, 2.45) is 0 Å². The third-order valence-electron chi connectivity index (χ3n) is 7.57. The second-order valence-corrected chi connectivity index (χ2v) is 10.7. The molecule has 40 heavy (non-hydrogen) atoms. The van der Waals surface area contributed by atoms with Crippen LogP contribution in [-0.2, 0) is 31.0 Å². The molecule has 0 saturated carbocycles. The molecular formula is C32H32N2O6. The Kier molecular flexibility index (Phi) is 7.02. The van der Waals surface area contributed by atoms with E-state index in [0.29, 0.717) is 5.56 Å². The first-order chi connectivity index (χ1) is 19.4. The Morgan fingerprint density at radius 1 is 0.775 bits per heavy atom. The molecule has 0 spiro atoms. The standard InChI is InChI=1S/C32H32N2O6/c1-31(2)39-27-25(18-21-19-33-30(36)34-29(21)35)38-26(28(27)40-31)20-37-32(22-12-6-3-7-13-22,23-14-8-4-9-15-23)24-16-10-5-11-17-24/h3-17,19,25-28H,18,20H2,1-2H3,(H2,33,34,35,36)/t25-,26+,27-,28+/m0/s1. The van der Waals surface area contributed by atoms with Crippen molar-refractivity contribution in [2.45, 2.75) is 56.1 Å². The SMILES string of the molecule is CC1(C)O[C@@H]2[C@H](O1)[C@@H](COC(c1ccccc1)(c1ccccc1)c1ccccc1)O[C@H]2Cc1c[nH]c(=O)[nH]c1=O. The van der Waals surface area contributed by atoms with E-state index < -0.39 is 47.1 Å². The number of benzene rings is 3. The van der Waals surface area contributed by atoms with Crippen LogP contribution in [-0.4, -0.2) is 46.8 Å². The highest BCUT2D eigenvalue weighted by molar-refractivity contribution is 5.47. The number of H-pyrrole nitrogens is 2. The maximum Gasteiger partial charge on any atom is 0.325 e. The van der Waals surface area contributed by atoms with Gasteiger partial charge in [-0.25, -0.2) is 4.79 Å². The highest BCUT2D eigenvalue weighted by Gasteiger charge is 2.55. The van der Waals surface area contributed by atoms with Crippen molar-refractivity contribution in [2.75, 3.05) is 6.61 Å². The summed E-state index contributed by atoms with van der Waals surface area (Å²) in [4.78, 5) is 28.8. The van der Waals surface area contributed by atoms with Gasteiger partial charge in [-0.3, -0.25) is 9.78 Å². The van der Waals surface area contributed by atoms with E-state index in [0.717, 1.165) is 16.7 Å². The Morgan fingerprint density at radius 2 is 1.27 bits per heavy atom. The molecule has 0 amide bonds. The number of ether oxygens (including phenoxy) is 4. The molecule has 0 unspecified atom stereocenters. The van der Waals surface area contributed by atoms with Crippen LogP contribution in [0, 0.1) is 0 Å². The van der Waals surface area contributed by atoms with Crippen molar-refractivity contribution in [1.29, 1.82) is 0 Å². The number of aromatic nitrogens is 2. The number of hydrogen-bond acceptors (Lipinski definition) is 6. The molecule has 3 aromatic carbocycles. The van der Waals surface area contributed by atoms with Gasteiger partial charge < -0.3 is 23.9 Å². The number of nitrogens with one attached hydrogen (secondary N) is 2. The quantitative estimate of drug-likeness (QED) is 0.329. The van der Waals surface area contributed by atoms with Crippen LogP contribution in [0.5, 0.6) is 0 Å². The molecule has 2 fully saturated rings. The third-order valence-corrected chi connectivity index (χ3v) is 7.57. The lowest BCUT2D eigenvalue weighted by Gasteiger charge is -2.37. The predicted molar refractivity (Wildman–Crippen MR) is 149 cm³/mol. The minimum absolute atomic E-state index is 0.206. The minimum Gasteiger partial charge on any atom is -0.367 e. The molecule has 4 aromatic rings. The molecule has 4 atom stereocenters. The molecule has 8 nitrogen and oxygen atoms in total. The van der Waals surface area contributed by atoms with E-state index in [-0.39, 0.29) is 13.0 Å². The molecule has 1 aromatic heterocycles. The third kappa shape index (κ3) is 4.95. The average molecular weight is 541 g/mol. The van der Waals surface area contributed by atoms with E-state index in [2.05, 4.69) is 46.4 Å². The van der Waals surface area contributed by atoms with E-state index in [1.165, 1.54) is 6.20 Å². The number of rotatable bonds is 8. The second kappa shape index (κ2) is 10.6. The van der Waals surface area contributed by atoms with Crippen molar-refractivity contribution in [3.05, 3.63) is 140 Å². The van der Waals surface area contributed by atoms with E-state index >= 15 is 0 Å². The van der Waals surface area contributed by atoms with Crippen LogP contribution in [0.1, 0.15) is 36.1 Å². The van der Waals surface area contributed by atoms with Crippen LogP contribution in [0.25, 0.3) is 0 Å². The highest BCUT2D eigenvalue weighted by atomic mass is 16.8. The summed E-state index contributed by atoms with van der Waals surface area (Å²) < 4.78 is 26.1. The van der Waals surface area contributed by atoms with E-state index in [1.807, 2.05) is 68.4 Å². The molecule has 2 saturated heterocycles. The van der Waals surface area contributed by atoms with Crippen molar-refractivity contribution < 1.29 is 18.9 Å². The molecule has 2 N–H and O–H groups in total. The van der Waals surface area contributed by atoms with Gasteiger partial charge in [0.05, 0.1) is 12.7 Å². The highest BCUT2D eigenvalue weighted by Crippen LogP contribution is 2.43. The minimum atomic E-state index is -0.911. The van der Waals surface area contributed by atoms with Crippen LogP contribution < -0.4 is 11.2 Å². The predicted octanol–water partition coefficient (Wildman–Crippen LogP) is 3.90. The lowest BCUT2D eigenvalue weighted by molar-refractivity contribution is -0.195. The van der Waals surface area contributed by atoms with E-state index in [9.17, 15) is 9.59 Å². The Balaban J connectivity index is 1.36. The van der Waals surface area contributed by atoms with Crippen molar-refractivity contribution in [3.63, 3.8) is 0 Å². The van der Waals surface area contributed by atoms with Crippen LogP contribution in [0.15, 0.2) is 107 Å². The number of aromatic amines is 2. The van der Waals surface area contributed by atoms with Crippen molar-refractivity contribution in [3.8, 4) is 0 Å². The molecule has 2 aliphatic heterocycles. The van der Waals surface area contributed by atoms with Gasteiger partial charge in [-0.2, -0.15) is 0 Å². The molecule has 3 heterocycles. The summed E-state index contributed by atoms with van der Waals surface area (Å²) in [6, 6.07) is 30.5. The van der Waals surface area contributed by atoms with E-state index in [1.54, 1.807) is 0 Å². The Hall–Kier alpha value is -3.82. The zero-order valence-corrected chi connectivity index (χ0v) is 22.4. The summed E-state index contributed by atoms with van der Waals surface area (Å²) in [6.45, 7) is 3.95. The average Bonchev–Trinajstić information content (AvgIpc) is 3.45. The molecular weight excluding hydrogens is 508 g/mol. The number of fused-ring (bicyclic) bond motifs is 1. The molecule has 0 aliphatic carbocycles. The van der Waals surface area contributed by atoms with Gasteiger partial charge in [0.25, 0.3) is 5.56 Å². The monoisotopic (exact) mass is 540 g/mol. The largest absolute Gasteiger partial charge is 0.367 e. The Bertz CT molecular complexity index is 1450. The van der Waals surface area contributed by atoms with Gasteiger partial charge in [-0.1, -0.05) is 91.0 Å². The summed E-state index contributed by atoms with van der Waals surface area (Å²) in [7, 11) is 0. The van der Waals surface area contributed by atoms with Gasteiger partial charge in [0.15, 0.2) is 5.79 Å². The smallest absolute Gasteiger partial charge is 0.325 e. The molecule has 206 valence electrons. The summed E-state index contributed by atoms with van der Waals surface area (Å²) in [6.07, 6.45) is -0.0580. The molecule has 0 bridgehead atoms. The van der Waals surface area contributed by atoms with Gasteiger partial charge in [0, 0.05) is 18.2 Å². The van der Waals surface area contributed by atoms with Crippen LogP contribution >= 0.6 is 0 Å². The summed E-state index contributed by atoms with van der Waals surface area (Å²) in [5.74, 6) is -0.817. The zero-order valence-electron chi connectivity index (χ0n) is 22.4. The van der Waals surface area contributed by atoms with Crippen LogP contribution in [0.2, 0.25) is 0 Å². The van der Waals surface area contributed by atoms with Gasteiger partial charge in [-0.15, -0.1) is 0 Å². The van der Waals surface area contributed by atoms with Crippen molar-refractivity contribution in [1.82, 2.24) is 9.97 Å². The maximum absolute atomic E-state index is 12.4. The Morgan fingerprint density at radius 3 is 1.77 bits per heavy atom. The Labute approximate surface area is 231 Å². The van der Waals surface area contributed by atoms with Crippen molar-refractivity contribution >= 4 is 0 Å². The lowest BCUT2D eigenvalue weighted by atomic mass is 9.80. The fourth-order valence-corrected chi connectivity index (χ4v) is 5.85. The van der Waals surface area contributed by atoms with Gasteiger partial charge >= 0.3 is 5.69 Å². The second-order valence-electron chi connectivity index (χ2n) is 10.7. The zero-order chi connectivity index (χ0) is 27.7. The van der Waals surface area contributed by atoms with Crippen LogP contribution in [0.4, 0.5) is 0 Å². The van der Waals surface area contributed by atoms with Gasteiger partial charge in [0.2, 0.25) is 0 Å². The summed E-state index contributed by atoms with van der Waals surface area (Å²) in [5.41, 5.74) is 1.46. The number of hydrogen-bond donors (Lipinski definition) is 2. The summed E-state index contributed by atoms with van der Waals surface area (Å²) in [5, 5.41) is 0. The first kappa shape index (κ1) is 26.4. The first-order valence-electron chi connectivity index (χ1n) is 13.5. The molecule has 6 rings (SSSR count). The normalized spacial score (nSPS) is 23.6. The fraction of sp³-hybridized carbons (Fsp3) is 0.312. The lowest BCUT2D eigenvalue weighted by Crippen LogP contribution is -2.39. The van der Waals surface area contributed by atoms with E-state index in [4.69, 9.17) is 18.9 Å². The first-order valence-corrected chi connectivity index (χ1v) is 13.5.